The number of hydrogen-bond donors (Lipinski definition) is 1. The van der Waals surface area contributed by atoms with Crippen LogP contribution in [0.2, 0.25) is 0 Å². The highest BCUT2D eigenvalue weighted by Crippen LogP contribution is 2.41. The van der Waals surface area contributed by atoms with Gasteiger partial charge in [0.15, 0.2) is 5.82 Å². The van der Waals surface area contributed by atoms with E-state index in [1.54, 1.807) is 23.7 Å². The lowest BCUT2D eigenvalue weighted by Gasteiger charge is -2.25. The second-order valence-corrected chi connectivity index (χ2v) is 7.92. The van der Waals surface area contributed by atoms with Crippen molar-refractivity contribution in [2.75, 3.05) is 11.4 Å². The fourth-order valence-electron chi connectivity index (χ4n) is 3.90. The summed E-state index contributed by atoms with van der Waals surface area (Å²) in [6, 6.07) is 13.7. The minimum Gasteiger partial charge on any atom is -0.368 e. The quantitative estimate of drug-likeness (QED) is 0.561. The van der Waals surface area contributed by atoms with Gasteiger partial charge in [-0.1, -0.05) is 30.3 Å². The SMILES string of the molecule is NC(=O)[C@@H]1CCCN1c1nc(-c2cccnc2)nc2scc(-c3ccccc3)c12. The Morgan fingerprint density at radius 2 is 1.93 bits per heavy atom. The Bertz CT molecular complexity index is 1180. The molecule has 1 saturated heterocycles. The molecule has 1 aromatic carbocycles. The second kappa shape index (κ2) is 7.25. The number of fused-ring (bicyclic) bond motifs is 1. The number of rotatable bonds is 4. The van der Waals surface area contributed by atoms with Crippen molar-refractivity contribution in [3.63, 3.8) is 0 Å². The van der Waals surface area contributed by atoms with Gasteiger partial charge in [-0.15, -0.1) is 11.3 Å². The van der Waals surface area contributed by atoms with Gasteiger partial charge in [0.05, 0.1) is 5.39 Å². The summed E-state index contributed by atoms with van der Waals surface area (Å²) in [4.78, 5) is 29.0. The Balaban J connectivity index is 1.76. The lowest BCUT2D eigenvalue weighted by molar-refractivity contribution is -0.119. The first-order valence-corrected chi connectivity index (χ1v) is 10.4. The highest BCUT2D eigenvalue weighted by atomic mass is 32.1. The molecule has 1 atom stereocenters. The molecular formula is C22H19N5OS. The summed E-state index contributed by atoms with van der Waals surface area (Å²) in [7, 11) is 0. The number of carbonyl (C=O) groups excluding carboxylic acids is 1. The van der Waals surface area contributed by atoms with Crippen molar-refractivity contribution in [2.24, 2.45) is 5.73 Å². The molecule has 1 aliphatic heterocycles. The maximum atomic E-state index is 12.1. The lowest BCUT2D eigenvalue weighted by atomic mass is 10.1. The molecule has 0 radical (unpaired) electrons. The van der Waals surface area contributed by atoms with Crippen LogP contribution in [0.4, 0.5) is 5.82 Å². The molecule has 3 aromatic heterocycles. The number of nitrogens with zero attached hydrogens (tertiary/aromatic N) is 4. The normalized spacial score (nSPS) is 16.4. The minimum atomic E-state index is -0.349. The Hall–Kier alpha value is -3.32. The Morgan fingerprint density at radius 1 is 1.10 bits per heavy atom. The zero-order chi connectivity index (χ0) is 19.8. The molecule has 1 amide bonds. The van der Waals surface area contributed by atoms with Crippen molar-refractivity contribution in [3.8, 4) is 22.5 Å². The van der Waals surface area contributed by atoms with Gasteiger partial charge in [-0.3, -0.25) is 9.78 Å². The van der Waals surface area contributed by atoms with Gasteiger partial charge < -0.3 is 10.6 Å². The van der Waals surface area contributed by atoms with E-state index in [0.717, 1.165) is 52.1 Å². The Morgan fingerprint density at radius 3 is 2.69 bits per heavy atom. The van der Waals surface area contributed by atoms with E-state index >= 15 is 0 Å². The van der Waals surface area contributed by atoms with E-state index in [2.05, 4.69) is 22.5 Å². The molecule has 1 fully saturated rings. The summed E-state index contributed by atoms with van der Waals surface area (Å²) in [5.41, 5.74) is 8.74. The van der Waals surface area contributed by atoms with E-state index < -0.39 is 0 Å². The summed E-state index contributed by atoms with van der Waals surface area (Å²) in [5, 5.41) is 3.09. The molecule has 0 bridgehead atoms. The van der Waals surface area contributed by atoms with E-state index in [1.165, 1.54) is 0 Å². The van der Waals surface area contributed by atoms with Crippen molar-refractivity contribution in [1.82, 2.24) is 15.0 Å². The number of carbonyl (C=O) groups is 1. The Labute approximate surface area is 172 Å². The number of benzene rings is 1. The number of thiophene rings is 1. The minimum absolute atomic E-state index is 0.311. The van der Waals surface area contributed by atoms with Gasteiger partial charge in [0.25, 0.3) is 0 Å². The van der Waals surface area contributed by atoms with Crippen LogP contribution in [0.15, 0.2) is 60.2 Å². The van der Waals surface area contributed by atoms with Crippen molar-refractivity contribution in [3.05, 3.63) is 60.2 Å². The van der Waals surface area contributed by atoms with Gasteiger partial charge in [-0.25, -0.2) is 9.97 Å². The second-order valence-electron chi connectivity index (χ2n) is 7.06. The number of pyridine rings is 1. The summed E-state index contributed by atoms with van der Waals surface area (Å²) in [5.74, 6) is 1.07. The number of aromatic nitrogens is 3. The number of nitrogens with two attached hydrogens (primary N) is 1. The molecule has 7 heteroatoms. The molecule has 29 heavy (non-hydrogen) atoms. The molecule has 0 saturated carbocycles. The first-order chi connectivity index (χ1) is 14.2. The van der Waals surface area contributed by atoms with Crippen LogP contribution in [-0.2, 0) is 4.79 Å². The van der Waals surface area contributed by atoms with Crippen molar-refractivity contribution < 1.29 is 4.79 Å². The van der Waals surface area contributed by atoms with Crippen molar-refractivity contribution in [2.45, 2.75) is 18.9 Å². The Kier molecular flexibility index (Phi) is 4.44. The zero-order valence-electron chi connectivity index (χ0n) is 15.7. The molecule has 0 aliphatic carbocycles. The van der Waals surface area contributed by atoms with Crippen LogP contribution >= 0.6 is 11.3 Å². The maximum absolute atomic E-state index is 12.1. The summed E-state index contributed by atoms with van der Waals surface area (Å²) < 4.78 is 0. The van der Waals surface area contributed by atoms with Gasteiger partial charge in [-0.05, 0) is 30.5 Å². The van der Waals surface area contributed by atoms with Crippen LogP contribution in [0.25, 0.3) is 32.7 Å². The summed E-state index contributed by atoms with van der Waals surface area (Å²) >= 11 is 1.59. The molecule has 0 unspecified atom stereocenters. The van der Waals surface area contributed by atoms with Crippen LogP contribution in [0.1, 0.15) is 12.8 Å². The van der Waals surface area contributed by atoms with Crippen LogP contribution in [0, 0.1) is 0 Å². The molecule has 4 heterocycles. The average molecular weight is 401 g/mol. The monoisotopic (exact) mass is 401 g/mol. The fraction of sp³-hybridized carbons (Fsp3) is 0.182. The number of hydrogen-bond acceptors (Lipinski definition) is 6. The highest BCUT2D eigenvalue weighted by Gasteiger charge is 2.32. The van der Waals surface area contributed by atoms with Crippen LogP contribution in [0.5, 0.6) is 0 Å². The number of primary amides is 1. The van der Waals surface area contributed by atoms with Crippen LogP contribution < -0.4 is 10.6 Å². The van der Waals surface area contributed by atoms with Gasteiger partial charge in [0, 0.05) is 35.4 Å². The first kappa shape index (κ1) is 17.8. The topological polar surface area (TPSA) is 85.0 Å². The molecule has 1 aliphatic rings. The standard InChI is InChI=1S/C22H19N5OS/c23-19(28)17-9-5-11-27(17)21-18-16(14-6-2-1-3-7-14)13-29-22(18)26-20(25-21)15-8-4-10-24-12-15/h1-4,6-8,10,12-13,17H,5,9,11H2,(H2,23,28)/t17-/m0/s1. The van der Waals surface area contributed by atoms with Gasteiger partial charge in [-0.2, -0.15) is 0 Å². The predicted octanol–water partition coefficient (Wildman–Crippen LogP) is 3.87. The molecular weight excluding hydrogens is 382 g/mol. The van der Waals surface area contributed by atoms with Crippen molar-refractivity contribution in [1.29, 1.82) is 0 Å². The molecule has 5 rings (SSSR count). The zero-order valence-corrected chi connectivity index (χ0v) is 16.5. The van der Waals surface area contributed by atoms with Crippen molar-refractivity contribution >= 4 is 33.3 Å². The first-order valence-electron chi connectivity index (χ1n) is 9.53. The molecule has 4 aromatic rings. The van der Waals surface area contributed by atoms with E-state index in [1.807, 2.05) is 35.2 Å². The average Bonchev–Trinajstić information content (AvgIpc) is 3.42. The molecule has 2 N–H and O–H groups in total. The van der Waals surface area contributed by atoms with E-state index in [0.29, 0.717) is 5.82 Å². The van der Waals surface area contributed by atoms with E-state index in [4.69, 9.17) is 15.7 Å². The van der Waals surface area contributed by atoms with E-state index in [-0.39, 0.29) is 11.9 Å². The largest absolute Gasteiger partial charge is 0.368 e. The van der Waals surface area contributed by atoms with Gasteiger partial charge in [0.2, 0.25) is 5.91 Å². The predicted molar refractivity (Wildman–Crippen MR) is 116 cm³/mol. The van der Waals surface area contributed by atoms with Crippen LogP contribution in [0.3, 0.4) is 0 Å². The molecule has 144 valence electrons. The third kappa shape index (κ3) is 3.13. The molecule has 6 nitrogen and oxygen atoms in total. The fourth-order valence-corrected chi connectivity index (χ4v) is 4.84. The lowest BCUT2D eigenvalue weighted by Crippen LogP contribution is -2.40. The smallest absolute Gasteiger partial charge is 0.240 e. The summed E-state index contributed by atoms with van der Waals surface area (Å²) in [6.07, 6.45) is 5.14. The number of amides is 1. The third-order valence-corrected chi connectivity index (χ3v) is 6.14. The highest BCUT2D eigenvalue weighted by molar-refractivity contribution is 7.17. The van der Waals surface area contributed by atoms with Crippen LogP contribution in [-0.4, -0.2) is 33.4 Å². The summed E-state index contributed by atoms with van der Waals surface area (Å²) in [6.45, 7) is 0.746. The number of anilines is 1. The maximum Gasteiger partial charge on any atom is 0.240 e. The molecule has 0 spiro atoms. The van der Waals surface area contributed by atoms with Gasteiger partial charge >= 0.3 is 0 Å². The van der Waals surface area contributed by atoms with E-state index in [9.17, 15) is 4.79 Å². The third-order valence-electron chi connectivity index (χ3n) is 5.27. The van der Waals surface area contributed by atoms with Gasteiger partial charge in [0.1, 0.15) is 16.7 Å².